The van der Waals surface area contributed by atoms with Gasteiger partial charge in [-0.25, -0.2) is 9.79 Å². The number of hydrogen-bond acceptors (Lipinski definition) is 5. The van der Waals surface area contributed by atoms with Gasteiger partial charge in [-0.05, 0) is 90.0 Å². The third-order valence-corrected chi connectivity index (χ3v) is 5.41. The lowest BCUT2D eigenvalue weighted by Gasteiger charge is -2.16. The number of nitrogens with zero attached hydrogens (tertiary/aromatic N) is 1. The fourth-order valence-corrected chi connectivity index (χ4v) is 4.05. The van der Waals surface area contributed by atoms with Crippen LogP contribution in [-0.4, -0.2) is 24.6 Å². The monoisotopic (exact) mass is 527 g/mol. The zero-order valence-electron chi connectivity index (χ0n) is 17.5. The van der Waals surface area contributed by atoms with Crippen molar-refractivity contribution in [2.75, 3.05) is 6.61 Å². The summed E-state index contributed by atoms with van der Waals surface area (Å²) in [5.41, 5.74) is 1.80. The van der Waals surface area contributed by atoms with E-state index >= 15 is 0 Å². The van der Waals surface area contributed by atoms with Crippen molar-refractivity contribution in [3.63, 3.8) is 0 Å². The summed E-state index contributed by atoms with van der Waals surface area (Å²) < 4.78 is 18.0. The number of carbonyl (C=O) groups excluding carboxylic acids is 1. The maximum Gasteiger partial charge on any atom is 0.363 e. The van der Waals surface area contributed by atoms with Crippen molar-refractivity contribution in [3.05, 3.63) is 75.0 Å². The van der Waals surface area contributed by atoms with E-state index in [9.17, 15) is 4.79 Å². The third kappa shape index (κ3) is 4.74. The number of halogens is 1. The largest absolute Gasteiger partial charge is 0.490 e. The molecule has 1 aliphatic rings. The highest BCUT2D eigenvalue weighted by Crippen LogP contribution is 2.36. The molecule has 0 fully saturated rings. The predicted octanol–water partition coefficient (Wildman–Crippen LogP) is 5.97. The van der Waals surface area contributed by atoms with Crippen LogP contribution < -0.4 is 9.47 Å². The van der Waals surface area contributed by atoms with E-state index in [2.05, 4.69) is 27.6 Å². The molecule has 0 radical (unpaired) electrons. The summed E-state index contributed by atoms with van der Waals surface area (Å²) in [6.07, 6.45) is 1.73. The maximum absolute atomic E-state index is 12.5. The van der Waals surface area contributed by atoms with E-state index in [0.717, 1.165) is 25.5 Å². The molecule has 31 heavy (non-hydrogen) atoms. The number of benzene rings is 3. The molecule has 1 aliphatic heterocycles. The van der Waals surface area contributed by atoms with Crippen LogP contribution in [0, 0.1) is 3.57 Å². The molecule has 0 saturated heterocycles. The first-order valence-electron chi connectivity index (χ1n) is 10.1. The van der Waals surface area contributed by atoms with Crippen LogP contribution >= 0.6 is 22.6 Å². The maximum atomic E-state index is 12.5. The van der Waals surface area contributed by atoms with Gasteiger partial charge in [-0.15, -0.1) is 0 Å². The first kappa shape index (κ1) is 21.4. The molecule has 0 bridgehead atoms. The van der Waals surface area contributed by atoms with E-state index in [1.165, 1.54) is 0 Å². The fourth-order valence-electron chi connectivity index (χ4n) is 3.30. The van der Waals surface area contributed by atoms with Gasteiger partial charge in [-0.2, -0.15) is 0 Å². The van der Waals surface area contributed by atoms with Crippen LogP contribution in [0.1, 0.15) is 31.9 Å². The molecule has 0 atom stereocenters. The van der Waals surface area contributed by atoms with Crippen molar-refractivity contribution < 1.29 is 19.0 Å². The Labute approximate surface area is 194 Å². The molecule has 3 aromatic carbocycles. The molecule has 1 heterocycles. The van der Waals surface area contributed by atoms with Crippen LogP contribution in [0.3, 0.4) is 0 Å². The van der Waals surface area contributed by atoms with Crippen LogP contribution in [0.15, 0.2) is 65.3 Å². The minimum Gasteiger partial charge on any atom is -0.490 e. The first-order chi connectivity index (χ1) is 14.9. The third-order valence-electron chi connectivity index (χ3n) is 4.61. The zero-order valence-corrected chi connectivity index (χ0v) is 19.7. The number of ether oxygens (including phenoxy) is 3. The molecular formula is C25H22INO4. The van der Waals surface area contributed by atoms with E-state index in [-0.39, 0.29) is 11.8 Å². The summed E-state index contributed by atoms with van der Waals surface area (Å²) in [5, 5.41) is 2.18. The van der Waals surface area contributed by atoms with Gasteiger partial charge in [-0.1, -0.05) is 30.3 Å². The van der Waals surface area contributed by atoms with Gasteiger partial charge < -0.3 is 14.2 Å². The standard InChI is InChI=1S/C25H22INO4/c1-4-29-22-13-16(11-20(26)23(22)30-15(2)3)12-21-25(28)31-24(27-21)19-10-9-17-7-5-6-8-18(17)14-19/h5-15H,4H2,1-3H3/b21-12-. The molecule has 5 nitrogen and oxygen atoms in total. The molecule has 4 rings (SSSR count). The fraction of sp³-hybridized carbons (Fsp3) is 0.200. The van der Waals surface area contributed by atoms with E-state index in [4.69, 9.17) is 14.2 Å². The van der Waals surface area contributed by atoms with Crippen molar-refractivity contribution >= 4 is 51.3 Å². The smallest absolute Gasteiger partial charge is 0.363 e. The lowest BCUT2D eigenvalue weighted by Crippen LogP contribution is -2.09. The number of cyclic esters (lactones) is 1. The lowest BCUT2D eigenvalue weighted by molar-refractivity contribution is -0.129. The highest BCUT2D eigenvalue weighted by Gasteiger charge is 2.25. The molecular weight excluding hydrogens is 505 g/mol. The lowest BCUT2D eigenvalue weighted by atomic mass is 10.1. The minimum absolute atomic E-state index is 0.0239. The Morgan fingerprint density at radius 2 is 1.87 bits per heavy atom. The molecule has 158 valence electrons. The summed E-state index contributed by atoms with van der Waals surface area (Å²) in [6.45, 7) is 6.38. The molecule has 0 aromatic heterocycles. The molecule has 3 aromatic rings. The molecule has 0 saturated carbocycles. The highest BCUT2D eigenvalue weighted by atomic mass is 127. The van der Waals surface area contributed by atoms with E-state index in [0.29, 0.717) is 24.0 Å². The van der Waals surface area contributed by atoms with Gasteiger partial charge in [0, 0.05) is 5.56 Å². The Morgan fingerprint density at radius 1 is 1.10 bits per heavy atom. The van der Waals surface area contributed by atoms with Gasteiger partial charge >= 0.3 is 5.97 Å². The van der Waals surface area contributed by atoms with Gasteiger partial charge in [0.25, 0.3) is 0 Å². The van der Waals surface area contributed by atoms with E-state index in [1.807, 2.05) is 75.4 Å². The Hall–Kier alpha value is -2.87. The van der Waals surface area contributed by atoms with Crippen molar-refractivity contribution in [3.8, 4) is 11.5 Å². The summed E-state index contributed by atoms with van der Waals surface area (Å²) in [6, 6.07) is 17.7. The Kier molecular flexibility index (Phi) is 6.27. The quantitative estimate of drug-likeness (QED) is 0.225. The molecule has 0 N–H and O–H groups in total. The van der Waals surface area contributed by atoms with Crippen molar-refractivity contribution in [2.45, 2.75) is 26.9 Å². The summed E-state index contributed by atoms with van der Waals surface area (Å²) in [5.74, 6) is 1.18. The molecule has 6 heteroatoms. The van der Waals surface area contributed by atoms with Crippen LogP contribution in [-0.2, 0) is 9.53 Å². The second-order valence-corrected chi connectivity index (χ2v) is 8.49. The summed E-state index contributed by atoms with van der Waals surface area (Å²) in [4.78, 5) is 16.9. The van der Waals surface area contributed by atoms with Crippen LogP contribution in [0.2, 0.25) is 0 Å². The minimum atomic E-state index is -0.473. The molecule has 0 aliphatic carbocycles. The topological polar surface area (TPSA) is 57.1 Å². The number of fused-ring (bicyclic) bond motifs is 1. The predicted molar refractivity (Wildman–Crippen MR) is 131 cm³/mol. The zero-order chi connectivity index (χ0) is 22.0. The summed E-state index contributed by atoms with van der Waals surface area (Å²) >= 11 is 2.21. The van der Waals surface area contributed by atoms with Gasteiger partial charge in [0.15, 0.2) is 17.2 Å². The van der Waals surface area contributed by atoms with Gasteiger partial charge in [0.1, 0.15) is 0 Å². The van der Waals surface area contributed by atoms with Crippen molar-refractivity contribution in [2.24, 2.45) is 4.99 Å². The number of aliphatic imine (C=N–C) groups is 1. The molecule has 0 spiro atoms. The Balaban J connectivity index is 1.69. The van der Waals surface area contributed by atoms with Gasteiger partial charge in [0.2, 0.25) is 5.90 Å². The van der Waals surface area contributed by atoms with Gasteiger partial charge in [-0.3, -0.25) is 0 Å². The Morgan fingerprint density at radius 3 is 2.61 bits per heavy atom. The molecule has 0 amide bonds. The average Bonchev–Trinajstić information content (AvgIpc) is 3.10. The number of esters is 1. The number of hydrogen-bond donors (Lipinski definition) is 0. The van der Waals surface area contributed by atoms with Crippen molar-refractivity contribution in [1.29, 1.82) is 0 Å². The first-order valence-corrected chi connectivity index (χ1v) is 11.2. The number of rotatable bonds is 6. The van der Waals surface area contributed by atoms with E-state index in [1.54, 1.807) is 6.08 Å². The normalized spacial score (nSPS) is 14.8. The second-order valence-electron chi connectivity index (χ2n) is 7.33. The van der Waals surface area contributed by atoms with Crippen LogP contribution in [0.25, 0.3) is 16.8 Å². The van der Waals surface area contributed by atoms with Crippen molar-refractivity contribution in [1.82, 2.24) is 0 Å². The van der Waals surface area contributed by atoms with E-state index < -0.39 is 5.97 Å². The second kappa shape index (κ2) is 9.09. The van der Waals surface area contributed by atoms with Crippen LogP contribution in [0.4, 0.5) is 0 Å². The molecule has 0 unspecified atom stereocenters. The number of carbonyl (C=O) groups is 1. The average molecular weight is 527 g/mol. The SMILES string of the molecule is CCOc1cc(/C=C2\N=C(c3ccc4ccccc4c3)OC2=O)cc(I)c1OC(C)C. The Bertz CT molecular complexity index is 1210. The summed E-state index contributed by atoms with van der Waals surface area (Å²) in [7, 11) is 0. The highest BCUT2D eigenvalue weighted by molar-refractivity contribution is 14.1. The van der Waals surface area contributed by atoms with Crippen LogP contribution in [0.5, 0.6) is 11.5 Å². The van der Waals surface area contributed by atoms with Gasteiger partial charge in [0.05, 0.1) is 16.3 Å².